The van der Waals surface area contributed by atoms with Crippen molar-refractivity contribution in [1.82, 2.24) is 9.88 Å². The van der Waals surface area contributed by atoms with Crippen LogP contribution < -0.4 is 5.32 Å². The van der Waals surface area contributed by atoms with Crippen molar-refractivity contribution in [3.05, 3.63) is 24.0 Å². The summed E-state index contributed by atoms with van der Waals surface area (Å²) in [5.74, 6) is -0.743. The van der Waals surface area contributed by atoms with E-state index >= 15 is 0 Å². The number of pyridine rings is 1. The van der Waals surface area contributed by atoms with E-state index in [9.17, 15) is 22.8 Å². The minimum Gasteiger partial charge on any atom is -0.372 e. The van der Waals surface area contributed by atoms with Gasteiger partial charge in [-0.25, -0.2) is 4.98 Å². The molecule has 0 bridgehead atoms. The SMILES string of the molecule is CN1C(=O)CC(Nc2ccc(C(F)(F)F)nc2)C1=O. The van der Waals surface area contributed by atoms with E-state index in [0.29, 0.717) is 0 Å². The van der Waals surface area contributed by atoms with Gasteiger partial charge in [0.2, 0.25) is 5.91 Å². The summed E-state index contributed by atoms with van der Waals surface area (Å²) < 4.78 is 36.9. The third-order valence-corrected chi connectivity index (χ3v) is 2.78. The average Bonchev–Trinajstić information content (AvgIpc) is 2.57. The Balaban J connectivity index is 2.09. The maximum atomic E-state index is 12.3. The monoisotopic (exact) mass is 273 g/mol. The number of halogens is 3. The van der Waals surface area contributed by atoms with Crippen LogP contribution in [0.5, 0.6) is 0 Å². The first-order valence-electron chi connectivity index (χ1n) is 5.39. The molecule has 1 fully saturated rings. The molecule has 5 nitrogen and oxygen atoms in total. The Morgan fingerprint density at radius 1 is 1.37 bits per heavy atom. The zero-order valence-corrected chi connectivity index (χ0v) is 9.86. The van der Waals surface area contributed by atoms with Crippen molar-refractivity contribution in [2.45, 2.75) is 18.6 Å². The van der Waals surface area contributed by atoms with E-state index in [1.54, 1.807) is 0 Å². The molecule has 2 amide bonds. The number of rotatable bonds is 2. The number of anilines is 1. The number of imide groups is 1. The second kappa shape index (κ2) is 4.52. The van der Waals surface area contributed by atoms with Crippen LogP contribution in [0, 0.1) is 0 Å². The minimum atomic E-state index is -4.50. The summed E-state index contributed by atoms with van der Waals surface area (Å²) in [4.78, 5) is 27.1. The highest BCUT2D eigenvalue weighted by molar-refractivity contribution is 6.06. The Bertz CT molecular complexity index is 513. The molecule has 1 aromatic heterocycles. The van der Waals surface area contributed by atoms with Gasteiger partial charge in [-0.2, -0.15) is 13.2 Å². The minimum absolute atomic E-state index is 0.0175. The molecule has 1 saturated heterocycles. The molecule has 8 heteroatoms. The third kappa shape index (κ3) is 2.67. The molecular formula is C11H10F3N3O2. The highest BCUT2D eigenvalue weighted by Crippen LogP contribution is 2.28. The molecular weight excluding hydrogens is 263 g/mol. The van der Waals surface area contributed by atoms with Crippen LogP contribution in [0.15, 0.2) is 18.3 Å². The van der Waals surface area contributed by atoms with Gasteiger partial charge in [0.25, 0.3) is 5.91 Å². The second-order valence-corrected chi connectivity index (χ2v) is 4.12. The predicted octanol–water partition coefficient (Wildman–Crippen LogP) is 1.27. The largest absolute Gasteiger partial charge is 0.433 e. The maximum Gasteiger partial charge on any atom is 0.433 e. The molecule has 0 aromatic carbocycles. The van der Waals surface area contributed by atoms with E-state index in [1.807, 2.05) is 0 Å². The Hall–Kier alpha value is -2.12. The lowest BCUT2D eigenvalue weighted by Gasteiger charge is -2.12. The molecule has 1 atom stereocenters. The number of carbonyl (C=O) groups excluding carboxylic acids is 2. The van der Waals surface area contributed by atoms with Crippen molar-refractivity contribution < 1.29 is 22.8 Å². The van der Waals surface area contributed by atoms with Gasteiger partial charge < -0.3 is 5.32 Å². The van der Waals surface area contributed by atoms with Gasteiger partial charge >= 0.3 is 6.18 Å². The lowest BCUT2D eigenvalue weighted by Crippen LogP contribution is -2.31. The third-order valence-electron chi connectivity index (χ3n) is 2.78. The standard InChI is InChI=1S/C11H10F3N3O2/c1-17-9(18)4-7(10(17)19)16-6-2-3-8(15-5-6)11(12,13)14/h2-3,5,7,16H,4H2,1H3. The maximum absolute atomic E-state index is 12.3. The van der Waals surface area contributed by atoms with Gasteiger partial charge in [-0.3, -0.25) is 14.5 Å². The first-order chi connectivity index (χ1) is 8.79. The molecule has 0 radical (unpaired) electrons. The zero-order chi connectivity index (χ0) is 14.2. The molecule has 0 aliphatic carbocycles. The number of nitrogens with zero attached hydrogens (tertiary/aromatic N) is 2. The Labute approximate surface area is 106 Å². The molecule has 102 valence electrons. The molecule has 1 N–H and O–H groups in total. The number of hydrogen-bond acceptors (Lipinski definition) is 4. The number of likely N-dealkylation sites (tertiary alicyclic amines) is 1. The van der Waals surface area contributed by atoms with Crippen LogP contribution in [-0.4, -0.2) is 34.8 Å². The lowest BCUT2D eigenvalue weighted by molar-refractivity contribution is -0.141. The summed E-state index contributed by atoms with van der Waals surface area (Å²) in [6, 6.07) is 1.23. The van der Waals surface area contributed by atoms with Crippen LogP contribution in [0.3, 0.4) is 0 Å². The van der Waals surface area contributed by atoms with E-state index in [-0.39, 0.29) is 18.0 Å². The molecule has 1 aliphatic heterocycles. The van der Waals surface area contributed by atoms with E-state index in [2.05, 4.69) is 10.3 Å². The molecule has 1 unspecified atom stereocenters. The van der Waals surface area contributed by atoms with Crippen LogP contribution in [-0.2, 0) is 15.8 Å². The number of amides is 2. The van der Waals surface area contributed by atoms with Gasteiger partial charge in [0.15, 0.2) is 0 Å². The zero-order valence-electron chi connectivity index (χ0n) is 9.86. The number of alkyl halides is 3. The van der Waals surface area contributed by atoms with Crippen LogP contribution >= 0.6 is 0 Å². The van der Waals surface area contributed by atoms with Crippen molar-refractivity contribution in [2.75, 3.05) is 12.4 Å². The average molecular weight is 273 g/mol. The summed E-state index contributed by atoms with van der Waals surface area (Å²) in [5.41, 5.74) is -0.751. The van der Waals surface area contributed by atoms with E-state index in [1.165, 1.54) is 13.1 Å². The highest BCUT2D eigenvalue weighted by atomic mass is 19.4. The summed E-state index contributed by atoms with van der Waals surface area (Å²) in [7, 11) is 1.36. The van der Waals surface area contributed by atoms with E-state index < -0.39 is 23.8 Å². The van der Waals surface area contributed by atoms with Crippen molar-refractivity contribution >= 4 is 17.5 Å². The molecule has 1 aliphatic rings. The quantitative estimate of drug-likeness (QED) is 0.824. The van der Waals surface area contributed by atoms with Gasteiger partial charge in [-0.15, -0.1) is 0 Å². The summed E-state index contributed by atoms with van der Waals surface area (Å²) in [5, 5.41) is 2.69. The molecule has 2 rings (SSSR count). The van der Waals surface area contributed by atoms with Gasteiger partial charge in [-0.05, 0) is 12.1 Å². The topological polar surface area (TPSA) is 62.3 Å². The fraction of sp³-hybridized carbons (Fsp3) is 0.364. The van der Waals surface area contributed by atoms with Gasteiger partial charge in [0.1, 0.15) is 11.7 Å². The summed E-state index contributed by atoms with van der Waals surface area (Å²) >= 11 is 0. The highest BCUT2D eigenvalue weighted by Gasteiger charge is 2.36. The summed E-state index contributed by atoms with van der Waals surface area (Å²) in [6.07, 6.45) is -3.53. The normalized spacial score (nSPS) is 20.0. The van der Waals surface area contributed by atoms with Gasteiger partial charge in [0, 0.05) is 7.05 Å². The first-order valence-corrected chi connectivity index (χ1v) is 5.39. The van der Waals surface area contributed by atoms with Crippen LogP contribution in [0.25, 0.3) is 0 Å². The Morgan fingerprint density at radius 2 is 2.05 bits per heavy atom. The van der Waals surface area contributed by atoms with Crippen molar-refractivity contribution in [3.8, 4) is 0 Å². The van der Waals surface area contributed by atoms with Gasteiger partial charge in [-0.1, -0.05) is 0 Å². The number of hydrogen-bond donors (Lipinski definition) is 1. The van der Waals surface area contributed by atoms with Crippen molar-refractivity contribution in [3.63, 3.8) is 0 Å². The summed E-state index contributed by atoms with van der Waals surface area (Å²) in [6.45, 7) is 0. The predicted molar refractivity (Wildman–Crippen MR) is 59.0 cm³/mol. The van der Waals surface area contributed by atoms with E-state index in [0.717, 1.165) is 17.2 Å². The molecule has 0 spiro atoms. The fourth-order valence-corrected chi connectivity index (χ4v) is 1.72. The van der Waals surface area contributed by atoms with Crippen molar-refractivity contribution in [1.29, 1.82) is 0 Å². The van der Waals surface area contributed by atoms with Crippen LogP contribution in [0.4, 0.5) is 18.9 Å². The molecule has 0 saturated carbocycles. The number of nitrogens with one attached hydrogen (secondary N) is 1. The van der Waals surface area contributed by atoms with Crippen LogP contribution in [0.2, 0.25) is 0 Å². The van der Waals surface area contributed by atoms with E-state index in [4.69, 9.17) is 0 Å². The van der Waals surface area contributed by atoms with Gasteiger partial charge in [0.05, 0.1) is 18.3 Å². The molecule has 1 aromatic rings. The smallest absolute Gasteiger partial charge is 0.372 e. The molecule has 19 heavy (non-hydrogen) atoms. The Morgan fingerprint density at radius 3 is 2.47 bits per heavy atom. The van der Waals surface area contributed by atoms with Crippen LogP contribution in [0.1, 0.15) is 12.1 Å². The number of likely N-dealkylation sites (N-methyl/N-ethyl adjacent to an activating group) is 1. The fourth-order valence-electron chi connectivity index (χ4n) is 1.72. The second-order valence-electron chi connectivity index (χ2n) is 4.12. The lowest BCUT2D eigenvalue weighted by atomic mass is 10.2. The molecule has 2 heterocycles. The van der Waals surface area contributed by atoms with Crippen molar-refractivity contribution in [2.24, 2.45) is 0 Å². The first kappa shape index (κ1) is 13.3. The Kier molecular flexibility index (Phi) is 3.17. The number of carbonyl (C=O) groups is 2. The number of aromatic nitrogens is 1.